The first-order valence-corrected chi connectivity index (χ1v) is 7.24. The largest absolute Gasteiger partial charge is 0.316 e. The number of likely N-dealkylation sites (N-methyl/N-ethyl adjacent to an activating group) is 1. The number of hydrogen-bond acceptors (Lipinski definition) is 3. The molecular weight excluding hydrogens is 210 g/mol. The molecule has 0 aliphatic carbocycles. The number of hydrogen-bond donors (Lipinski definition) is 1. The van der Waals surface area contributed by atoms with E-state index in [1.165, 1.54) is 58.7 Å². The minimum Gasteiger partial charge on any atom is -0.316 e. The van der Waals surface area contributed by atoms with Gasteiger partial charge in [-0.15, -0.1) is 0 Å². The predicted molar refractivity (Wildman–Crippen MR) is 73.3 cm³/mol. The maximum atomic E-state index is 3.57. The standard InChI is InChI=1S/C14H29N3/c1-13(2)14(5-6-15-11-14)12-17-8-4-7-16(3)9-10-17/h13,15H,4-12H2,1-3H3. The smallest absolute Gasteiger partial charge is 0.0109 e. The van der Waals surface area contributed by atoms with Crippen LogP contribution in [-0.4, -0.2) is 62.7 Å². The summed E-state index contributed by atoms with van der Waals surface area (Å²) < 4.78 is 0. The maximum absolute atomic E-state index is 3.57. The van der Waals surface area contributed by atoms with Gasteiger partial charge in [0.25, 0.3) is 0 Å². The molecule has 0 spiro atoms. The Bertz CT molecular complexity index is 234. The molecule has 0 bridgehead atoms. The molecule has 100 valence electrons. The van der Waals surface area contributed by atoms with Gasteiger partial charge in [0, 0.05) is 26.2 Å². The first-order chi connectivity index (χ1) is 8.12. The SMILES string of the molecule is CC(C)C1(CN2CCCN(C)CC2)CCNC1. The lowest BCUT2D eigenvalue weighted by Crippen LogP contribution is -2.43. The fourth-order valence-corrected chi connectivity index (χ4v) is 3.28. The van der Waals surface area contributed by atoms with E-state index in [1.54, 1.807) is 0 Å². The molecule has 0 amide bonds. The highest BCUT2D eigenvalue weighted by atomic mass is 15.2. The van der Waals surface area contributed by atoms with Crippen molar-refractivity contribution in [2.75, 3.05) is 52.9 Å². The van der Waals surface area contributed by atoms with Gasteiger partial charge >= 0.3 is 0 Å². The van der Waals surface area contributed by atoms with Crippen LogP contribution in [-0.2, 0) is 0 Å². The van der Waals surface area contributed by atoms with Gasteiger partial charge < -0.3 is 15.1 Å². The molecule has 1 N–H and O–H groups in total. The highest BCUT2D eigenvalue weighted by molar-refractivity contribution is 4.93. The summed E-state index contributed by atoms with van der Waals surface area (Å²) in [5.74, 6) is 0.790. The molecule has 0 aromatic rings. The normalized spacial score (nSPS) is 33.2. The molecule has 0 aromatic carbocycles. The summed E-state index contributed by atoms with van der Waals surface area (Å²) in [6, 6.07) is 0. The van der Waals surface area contributed by atoms with Crippen molar-refractivity contribution in [3.8, 4) is 0 Å². The Labute approximate surface area is 107 Å². The zero-order valence-electron chi connectivity index (χ0n) is 11.8. The van der Waals surface area contributed by atoms with Crippen LogP contribution < -0.4 is 5.32 Å². The Hall–Kier alpha value is -0.120. The van der Waals surface area contributed by atoms with Crippen molar-refractivity contribution in [3.63, 3.8) is 0 Å². The van der Waals surface area contributed by atoms with Crippen molar-refractivity contribution >= 4 is 0 Å². The maximum Gasteiger partial charge on any atom is 0.0109 e. The number of rotatable bonds is 3. The second-order valence-electron chi connectivity index (χ2n) is 6.38. The van der Waals surface area contributed by atoms with E-state index in [-0.39, 0.29) is 0 Å². The molecule has 1 unspecified atom stereocenters. The van der Waals surface area contributed by atoms with Crippen molar-refractivity contribution in [3.05, 3.63) is 0 Å². The molecule has 2 heterocycles. The average Bonchev–Trinajstić information content (AvgIpc) is 2.66. The van der Waals surface area contributed by atoms with E-state index >= 15 is 0 Å². The monoisotopic (exact) mass is 239 g/mol. The van der Waals surface area contributed by atoms with Crippen LogP contribution >= 0.6 is 0 Å². The summed E-state index contributed by atoms with van der Waals surface area (Å²) in [7, 11) is 2.25. The summed E-state index contributed by atoms with van der Waals surface area (Å²) in [6.07, 6.45) is 2.69. The summed E-state index contributed by atoms with van der Waals surface area (Å²) in [4.78, 5) is 5.17. The van der Waals surface area contributed by atoms with Crippen molar-refractivity contribution in [2.45, 2.75) is 26.7 Å². The second-order valence-corrected chi connectivity index (χ2v) is 6.38. The molecule has 17 heavy (non-hydrogen) atoms. The third-order valence-corrected chi connectivity index (χ3v) is 4.85. The third-order valence-electron chi connectivity index (χ3n) is 4.85. The average molecular weight is 239 g/mol. The van der Waals surface area contributed by atoms with Crippen LogP contribution in [0.2, 0.25) is 0 Å². The van der Waals surface area contributed by atoms with Crippen LogP contribution in [0.15, 0.2) is 0 Å². The Morgan fingerprint density at radius 3 is 2.65 bits per heavy atom. The van der Waals surface area contributed by atoms with Gasteiger partial charge in [-0.25, -0.2) is 0 Å². The van der Waals surface area contributed by atoms with Crippen molar-refractivity contribution in [2.24, 2.45) is 11.3 Å². The highest BCUT2D eigenvalue weighted by Crippen LogP contribution is 2.35. The molecule has 2 fully saturated rings. The van der Waals surface area contributed by atoms with Crippen LogP contribution in [0.5, 0.6) is 0 Å². The van der Waals surface area contributed by atoms with E-state index in [0.717, 1.165) is 5.92 Å². The highest BCUT2D eigenvalue weighted by Gasteiger charge is 2.38. The quantitative estimate of drug-likeness (QED) is 0.800. The molecule has 0 saturated carbocycles. The molecule has 2 aliphatic heterocycles. The summed E-state index contributed by atoms with van der Waals surface area (Å²) in [5.41, 5.74) is 0.531. The zero-order valence-corrected chi connectivity index (χ0v) is 11.8. The molecule has 2 rings (SSSR count). The number of nitrogens with one attached hydrogen (secondary N) is 1. The summed E-state index contributed by atoms with van der Waals surface area (Å²) in [5, 5.41) is 3.57. The lowest BCUT2D eigenvalue weighted by molar-refractivity contribution is 0.120. The minimum atomic E-state index is 0.531. The summed E-state index contributed by atoms with van der Waals surface area (Å²) >= 11 is 0. The molecule has 0 radical (unpaired) electrons. The molecule has 2 aliphatic rings. The molecule has 2 saturated heterocycles. The van der Waals surface area contributed by atoms with E-state index in [0.29, 0.717) is 5.41 Å². The van der Waals surface area contributed by atoms with Crippen LogP contribution in [0.3, 0.4) is 0 Å². The first-order valence-electron chi connectivity index (χ1n) is 7.24. The molecular formula is C14H29N3. The molecule has 0 aromatic heterocycles. The van der Waals surface area contributed by atoms with E-state index in [2.05, 4.69) is 36.0 Å². The Morgan fingerprint density at radius 2 is 2.00 bits per heavy atom. The van der Waals surface area contributed by atoms with Crippen LogP contribution in [0.25, 0.3) is 0 Å². The summed E-state index contributed by atoms with van der Waals surface area (Å²) in [6.45, 7) is 13.6. The predicted octanol–water partition coefficient (Wildman–Crippen LogP) is 1.26. The lowest BCUT2D eigenvalue weighted by Gasteiger charge is -2.37. The van der Waals surface area contributed by atoms with E-state index in [4.69, 9.17) is 0 Å². The fraction of sp³-hybridized carbons (Fsp3) is 1.00. The lowest BCUT2D eigenvalue weighted by atomic mass is 9.76. The topological polar surface area (TPSA) is 18.5 Å². The molecule has 3 nitrogen and oxygen atoms in total. The second kappa shape index (κ2) is 5.68. The van der Waals surface area contributed by atoms with Gasteiger partial charge in [-0.3, -0.25) is 0 Å². The number of nitrogens with zero attached hydrogens (tertiary/aromatic N) is 2. The Kier molecular flexibility index (Phi) is 4.45. The van der Waals surface area contributed by atoms with Crippen molar-refractivity contribution in [1.82, 2.24) is 15.1 Å². The minimum absolute atomic E-state index is 0.531. The Balaban J connectivity index is 1.93. The van der Waals surface area contributed by atoms with Gasteiger partial charge in [0.1, 0.15) is 0 Å². The van der Waals surface area contributed by atoms with Gasteiger partial charge in [-0.05, 0) is 50.9 Å². The van der Waals surface area contributed by atoms with E-state index < -0.39 is 0 Å². The molecule has 3 heteroatoms. The third kappa shape index (κ3) is 3.21. The van der Waals surface area contributed by atoms with Crippen molar-refractivity contribution in [1.29, 1.82) is 0 Å². The van der Waals surface area contributed by atoms with Crippen LogP contribution in [0.1, 0.15) is 26.7 Å². The van der Waals surface area contributed by atoms with Crippen LogP contribution in [0, 0.1) is 11.3 Å². The van der Waals surface area contributed by atoms with Gasteiger partial charge in [0.2, 0.25) is 0 Å². The van der Waals surface area contributed by atoms with Gasteiger partial charge in [-0.2, -0.15) is 0 Å². The first kappa shape index (κ1) is 13.3. The van der Waals surface area contributed by atoms with Crippen LogP contribution in [0.4, 0.5) is 0 Å². The Morgan fingerprint density at radius 1 is 1.18 bits per heavy atom. The zero-order chi connectivity index (χ0) is 12.3. The van der Waals surface area contributed by atoms with E-state index in [1.807, 2.05) is 0 Å². The van der Waals surface area contributed by atoms with Crippen molar-refractivity contribution < 1.29 is 0 Å². The molecule has 1 atom stereocenters. The van der Waals surface area contributed by atoms with Gasteiger partial charge in [0.15, 0.2) is 0 Å². The van der Waals surface area contributed by atoms with E-state index in [9.17, 15) is 0 Å². The fourth-order valence-electron chi connectivity index (χ4n) is 3.28. The van der Waals surface area contributed by atoms with Gasteiger partial charge in [0.05, 0.1) is 0 Å². The van der Waals surface area contributed by atoms with Gasteiger partial charge in [-0.1, -0.05) is 13.8 Å².